The molecule has 5 aromatic rings. The van der Waals surface area contributed by atoms with E-state index in [1.54, 1.807) is 0 Å². The van der Waals surface area contributed by atoms with Crippen molar-refractivity contribution < 1.29 is 25.6 Å². The van der Waals surface area contributed by atoms with Gasteiger partial charge in [-0.25, -0.2) is 0 Å². The Hall–Kier alpha value is -3.98. The van der Waals surface area contributed by atoms with Gasteiger partial charge in [-0.2, -0.15) is 16.8 Å². The smallest absolute Gasteiger partial charge is 0.340 e. The van der Waals surface area contributed by atoms with Gasteiger partial charge in [-0.05, 0) is 71.3 Å². The van der Waals surface area contributed by atoms with Gasteiger partial charge in [0.1, 0.15) is 10.6 Å². The first kappa shape index (κ1) is 26.3. The van der Waals surface area contributed by atoms with Gasteiger partial charge < -0.3 is 4.18 Å². The Kier molecular flexibility index (Phi) is 6.70. The van der Waals surface area contributed by atoms with Crippen molar-refractivity contribution in [2.45, 2.75) is 35.5 Å². The molecule has 0 radical (unpaired) electrons. The first-order valence-electron chi connectivity index (χ1n) is 13.0. The van der Waals surface area contributed by atoms with Gasteiger partial charge in [0, 0.05) is 16.7 Å². The third kappa shape index (κ3) is 4.79. The lowest BCUT2D eigenvalue weighted by Gasteiger charge is -2.23. The monoisotopic (exact) mass is 570 g/mol. The molecule has 0 heterocycles. The van der Waals surface area contributed by atoms with Gasteiger partial charge >= 0.3 is 10.1 Å². The molecule has 1 N–H and O–H groups in total. The number of rotatable bonds is 6. The minimum Gasteiger partial charge on any atom is -0.379 e. The van der Waals surface area contributed by atoms with E-state index in [0.29, 0.717) is 35.1 Å². The second kappa shape index (κ2) is 10.2. The quantitative estimate of drug-likeness (QED) is 0.173. The van der Waals surface area contributed by atoms with E-state index < -0.39 is 20.2 Å². The van der Waals surface area contributed by atoms with Crippen LogP contribution in [0.25, 0.3) is 33.0 Å². The maximum Gasteiger partial charge on any atom is 0.340 e. The van der Waals surface area contributed by atoms with Crippen LogP contribution >= 0.6 is 0 Å². The molecule has 8 heteroatoms. The van der Waals surface area contributed by atoms with Crippen LogP contribution in [0, 0.1) is 0 Å². The molecular weight excluding hydrogens is 544 g/mol. The lowest BCUT2D eigenvalue weighted by molar-refractivity contribution is 0.475. The van der Waals surface area contributed by atoms with E-state index in [2.05, 4.69) is 0 Å². The molecule has 40 heavy (non-hydrogen) atoms. The zero-order valence-corrected chi connectivity index (χ0v) is 23.1. The van der Waals surface area contributed by atoms with Gasteiger partial charge in [-0.3, -0.25) is 4.55 Å². The largest absolute Gasteiger partial charge is 0.379 e. The average molecular weight is 571 g/mol. The third-order valence-electron chi connectivity index (χ3n) is 7.33. The molecule has 6 rings (SSSR count). The van der Waals surface area contributed by atoms with Crippen molar-refractivity contribution in [1.82, 2.24) is 0 Å². The van der Waals surface area contributed by atoms with Crippen molar-refractivity contribution in [3.8, 4) is 28.0 Å². The van der Waals surface area contributed by atoms with E-state index in [4.69, 9.17) is 4.18 Å². The summed E-state index contributed by atoms with van der Waals surface area (Å²) >= 11 is 0. The highest BCUT2D eigenvalue weighted by molar-refractivity contribution is 7.87. The molecule has 0 aromatic heterocycles. The summed E-state index contributed by atoms with van der Waals surface area (Å²) in [5, 5.41) is 1.65. The van der Waals surface area contributed by atoms with Crippen molar-refractivity contribution in [2.75, 3.05) is 0 Å². The van der Waals surface area contributed by atoms with Crippen LogP contribution in [0.1, 0.15) is 24.0 Å². The Morgan fingerprint density at radius 1 is 0.650 bits per heavy atom. The highest BCUT2D eigenvalue weighted by atomic mass is 32.2. The van der Waals surface area contributed by atoms with E-state index >= 15 is 0 Å². The highest BCUT2D eigenvalue weighted by Crippen LogP contribution is 2.43. The van der Waals surface area contributed by atoms with Gasteiger partial charge in [-0.15, -0.1) is 0 Å². The van der Waals surface area contributed by atoms with E-state index in [0.717, 1.165) is 34.7 Å². The van der Waals surface area contributed by atoms with E-state index in [1.165, 1.54) is 12.1 Å². The van der Waals surface area contributed by atoms with Crippen LogP contribution in [0.5, 0.6) is 5.75 Å². The summed E-state index contributed by atoms with van der Waals surface area (Å²) in [5.74, 6) is 0.0771. The Labute approximate surface area is 233 Å². The van der Waals surface area contributed by atoms with Crippen molar-refractivity contribution in [1.29, 1.82) is 0 Å². The maximum atomic E-state index is 14.4. The van der Waals surface area contributed by atoms with Gasteiger partial charge in [0.2, 0.25) is 0 Å². The van der Waals surface area contributed by atoms with Crippen LogP contribution in [0.4, 0.5) is 0 Å². The second-order valence-corrected chi connectivity index (χ2v) is 12.7. The summed E-state index contributed by atoms with van der Waals surface area (Å²) in [6.45, 7) is 0. The molecular formula is C32H26O6S2. The molecule has 0 saturated heterocycles. The normalized spacial score (nSPS) is 13.6. The van der Waals surface area contributed by atoms with Gasteiger partial charge in [0.15, 0.2) is 0 Å². The molecule has 6 nitrogen and oxygen atoms in total. The molecule has 0 fully saturated rings. The fourth-order valence-corrected chi connectivity index (χ4v) is 7.77. The summed E-state index contributed by atoms with van der Waals surface area (Å²) < 4.78 is 68.6. The number of hydrogen-bond donors (Lipinski definition) is 1. The standard InChI is InChI=1S/C32H26O6S2/c33-39(34,35)30-20-19-29(26-17-9-10-18-27(26)30)38-40(36,37)32-28(22-11-3-1-4-12-22)21-24-15-7-8-16-25(24)31(32)23-13-5-2-6-14-23/h1-8,11-16,19-21H,9-10,17-18H2,(H,33,34,35). The van der Waals surface area contributed by atoms with E-state index in [-0.39, 0.29) is 15.5 Å². The third-order valence-corrected chi connectivity index (χ3v) is 9.59. The zero-order chi connectivity index (χ0) is 27.9. The number of fused-ring (bicyclic) bond motifs is 2. The van der Waals surface area contributed by atoms with Gasteiger partial charge in [0.05, 0.1) is 4.90 Å². The Morgan fingerprint density at radius 3 is 1.93 bits per heavy atom. The van der Waals surface area contributed by atoms with Crippen molar-refractivity contribution in [3.63, 3.8) is 0 Å². The molecule has 0 atom stereocenters. The molecule has 1 aliphatic rings. The Morgan fingerprint density at radius 2 is 1.25 bits per heavy atom. The van der Waals surface area contributed by atoms with Gasteiger partial charge in [0.25, 0.3) is 10.1 Å². The first-order valence-corrected chi connectivity index (χ1v) is 15.8. The lowest BCUT2D eigenvalue weighted by atomic mass is 9.91. The van der Waals surface area contributed by atoms with E-state index in [9.17, 15) is 21.4 Å². The van der Waals surface area contributed by atoms with Crippen LogP contribution < -0.4 is 4.18 Å². The van der Waals surface area contributed by atoms with Crippen molar-refractivity contribution in [2.24, 2.45) is 0 Å². The molecule has 1 aliphatic carbocycles. The zero-order valence-electron chi connectivity index (χ0n) is 21.4. The minimum absolute atomic E-state index is 0.0343. The summed E-state index contributed by atoms with van der Waals surface area (Å²) in [6.07, 6.45) is 2.33. The Balaban J connectivity index is 1.63. The van der Waals surface area contributed by atoms with Crippen LogP contribution in [0.3, 0.4) is 0 Å². The Bertz CT molecular complexity index is 1950. The van der Waals surface area contributed by atoms with Crippen LogP contribution in [0.15, 0.2) is 113 Å². The molecule has 0 aliphatic heterocycles. The van der Waals surface area contributed by atoms with Crippen molar-refractivity contribution in [3.05, 3.63) is 114 Å². The van der Waals surface area contributed by atoms with Gasteiger partial charge in [-0.1, -0.05) is 84.9 Å². The number of hydrogen-bond acceptors (Lipinski definition) is 5. The van der Waals surface area contributed by atoms with Crippen molar-refractivity contribution >= 4 is 31.0 Å². The molecule has 0 saturated carbocycles. The lowest BCUT2D eigenvalue weighted by Crippen LogP contribution is -2.17. The van der Waals surface area contributed by atoms with Crippen LogP contribution in [0.2, 0.25) is 0 Å². The second-order valence-electron chi connectivity index (χ2n) is 9.82. The summed E-state index contributed by atoms with van der Waals surface area (Å²) in [6, 6.07) is 30.7. The predicted molar refractivity (Wildman–Crippen MR) is 156 cm³/mol. The number of benzene rings is 5. The molecule has 0 bridgehead atoms. The first-order chi connectivity index (χ1) is 19.2. The molecule has 202 valence electrons. The van der Waals surface area contributed by atoms with E-state index in [1.807, 2.05) is 91.0 Å². The average Bonchev–Trinajstić information content (AvgIpc) is 2.96. The molecule has 0 amide bonds. The van der Waals surface area contributed by atoms with Crippen LogP contribution in [-0.4, -0.2) is 21.4 Å². The SMILES string of the molecule is O=S(=O)(O)c1ccc(OS(=O)(=O)c2c(-c3ccccc3)cc3ccccc3c2-c2ccccc2)c2c1CCCC2. The fourth-order valence-electron chi connectivity index (χ4n) is 5.59. The highest BCUT2D eigenvalue weighted by Gasteiger charge is 2.31. The molecule has 0 spiro atoms. The summed E-state index contributed by atoms with van der Waals surface area (Å²) in [5.41, 5.74) is 3.38. The summed E-state index contributed by atoms with van der Waals surface area (Å²) in [7, 11) is -8.93. The maximum absolute atomic E-state index is 14.4. The molecule has 5 aromatic carbocycles. The minimum atomic E-state index is -4.47. The predicted octanol–water partition coefficient (Wildman–Crippen LogP) is 7.07. The topological polar surface area (TPSA) is 97.7 Å². The molecule has 0 unspecified atom stereocenters. The fraction of sp³-hybridized carbons (Fsp3) is 0.125. The van der Waals surface area contributed by atoms with Crippen LogP contribution in [-0.2, 0) is 33.1 Å². The summed E-state index contributed by atoms with van der Waals surface area (Å²) in [4.78, 5) is -0.167.